The van der Waals surface area contributed by atoms with Crippen molar-refractivity contribution in [2.75, 3.05) is 13.2 Å². The number of benzene rings is 1. The standard InChI is InChI=1S/C12H15NO3/c1-9-8-16-7-6-12(9)10-2-4-11(5-3-10)13(14)15/h2-5,9,12H,6-8H2,1H3. The van der Waals surface area contributed by atoms with Gasteiger partial charge in [0, 0.05) is 25.3 Å². The summed E-state index contributed by atoms with van der Waals surface area (Å²) in [6.45, 7) is 3.72. The summed E-state index contributed by atoms with van der Waals surface area (Å²) in [6, 6.07) is 6.89. The molecule has 0 aliphatic carbocycles. The quantitative estimate of drug-likeness (QED) is 0.570. The minimum absolute atomic E-state index is 0.156. The maximum absolute atomic E-state index is 10.5. The molecule has 0 amide bonds. The fraction of sp³-hybridized carbons (Fsp3) is 0.500. The number of hydrogen-bond acceptors (Lipinski definition) is 3. The molecule has 0 spiro atoms. The monoisotopic (exact) mass is 221 g/mol. The van der Waals surface area contributed by atoms with Gasteiger partial charge in [0.25, 0.3) is 5.69 Å². The van der Waals surface area contributed by atoms with Gasteiger partial charge < -0.3 is 4.74 Å². The second kappa shape index (κ2) is 4.61. The van der Waals surface area contributed by atoms with Crippen LogP contribution in [0.15, 0.2) is 24.3 Å². The predicted octanol–water partition coefficient (Wildman–Crippen LogP) is 2.73. The molecule has 1 aliphatic heterocycles. The van der Waals surface area contributed by atoms with Crippen molar-refractivity contribution in [2.45, 2.75) is 19.3 Å². The molecule has 1 aromatic carbocycles. The molecule has 86 valence electrons. The summed E-state index contributed by atoms with van der Waals surface area (Å²) in [5.74, 6) is 0.949. The summed E-state index contributed by atoms with van der Waals surface area (Å²) < 4.78 is 5.39. The number of hydrogen-bond donors (Lipinski definition) is 0. The summed E-state index contributed by atoms with van der Waals surface area (Å²) in [5.41, 5.74) is 1.34. The molecule has 0 bridgehead atoms. The van der Waals surface area contributed by atoms with E-state index >= 15 is 0 Å². The zero-order valence-electron chi connectivity index (χ0n) is 9.26. The molecule has 0 N–H and O–H groups in total. The van der Waals surface area contributed by atoms with E-state index in [0.29, 0.717) is 11.8 Å². The Labute approximate surface area is 94.4 Å². The number of nitro groups is 1. The molecule has 2 unspecified atom stereocenters. The Morgan fingerprint density at radius 2 is 2.06 bits per heavy atom. The molecule has 0 aromatic heterocycles. The van der Waals surface area contributed by atoms with Crippen molar-refractivity contribution in [3.8, 4) is 0 Å². The lowest BCUT2D eigenvalue weighted by atomic mass is 9.84. The van der Waals surface area contributed by atoms with Gasteiger partial charge in [-0.25, -0.2) is 0 Å². The van der Waals surface area contributed by atoms with Gasteiger partial charge in [0.15, 0.2) is 0 Å². The third-order valence-corrected chi connectivity index (χ3v) is 3.17. The van der Waals surface area contributed by atoms with Crippen molar-refractivity contribution in [1.82, 2.24) is 0 Å². The summed E-state index contributed by atoms with van der Waals surface area (Å²) in [4.78, 5) is 10.2. The molecule has 0 radical (unpaired) electrons. The number of non-ortho nitro benzene ring substituents is 1. The van der Waals surface area contributed by atoms with Gasteiger partial charge in [-0.1, -0.05) is 19.1 Å². The first-order valence-electron chi connectivity index (χ1n) is 5.50. The number of ether oxygens (including phenoxy) is 1. The van der Waals surface area contributed by atoms with E-state index in [0.717, 1.165) is 19.6 Å². The lowest BCUT2D eigenvalue weighted by molar-refractivity contribution is -0.384. The zero-order chi connectivity index (χ0) is 11.5. The zero-order valence-corrected chi connectivity index (χ0v) is 9.26. The Kier molecular flexibility index (Phi) is 3.19. The first kappa shape index (κ1) is 11.1. The van der Waals surface area contributed by atoms with Crippen LogP contribution < -0.4 is 0 Å². The van der Waals surface area contributed by atoms with Crippen LogP contribution in [0.1, 0.15) is 24.8 Å². The second-order valence-electron chi connectivity index (χ2n) is 4.30. The van der Waals surface area contributed by atoms with E-state index in [1.54, 1.807) is 12.1 Å². The molecule has 2 atom stereocenters. The fourth-order valence-electron chi connectivity index (χ4n) is 2.22. The molecule has 1 saturated heterocycles. The largest absolute Gasteiger partial charge is 0.381 e. The van der Waals surface area contributed by atoms with Crippen LogP contribution >= 0.6 is 0 Å². The van der Waals surface area contributed by atoms with Crippen LogP contribution in [-0.4, -0.2) is 18.1 Å². The van der Waals surface area contributed by atoms with Crippen molar-refractivity contribution in [1.29, 1.82) is 0 Å². The lowest BCUT2D eigenvalue weighted by Crippen LogP contribution is -2.23. The van der Waals surface area contributed by atoms with E-state index < -0.39 is 0 Å². The third-order valence-electron chi connectivity index (χ3n) is 3.17. The molecule has 2 rings (SSSR count). The minimum atomic E-state index is -0.364. The number of nitrogens with zero attached hydrogens (tertiary/aromatic N) is 1. The average Bonchev–Trinajstić information content (AvgIpc) is 2.30. The van der Waals surface area contributed by atoms with Gasteiger partial charge in [-0.2, -0.15) is 0 Å². The van der Waals surface area contributed by atoms with E-state index in [4.69, 9.17) is 4.74 Å². The number of rotatable bonds is 2. The number of nitro benzene ring substituents is 1. The highest BCUT2D eigenvalue weighted by atomic mass is 16.6. The lowest BCUT2D eigenvalue weighted by Gasteiger charge is -2.29. The normalized spacial score (nSPS) is 25.3. The average molecular weight is 221 g/mol. The molecule has 0 saturated carbocycles. The summed E-state index contributed by atoms with van der Waals surface area (Å²) in [5, 5.41) is 10.5. The van der Waals surface area contributed by atoms with Crippen molar-refractivity contribution in [3.63, 3.8) is 0 Å². The van der Waals surface area contributed by atoms with Crippen LogP contribution in [0, 0.1) is 16.0 Å². The molecule has 4 nitrogen and oxygen atoms in total. The van der Waals surface area contributed by atoms with Crippen molar-refractivity contribution in [2.24, 2.45) is 5.92 Å². The SMILES string of the molecule is CC1COCCC1c1ccc([N+](=O)[O-])cc1. The maximum atomic E-state index is 10.5. The van der Waals surface area contributed by atoms with Crippen molar-refractivity contribution >= 4 is 5.69 Å². The highest BCUT2D eigenvalue weighted by Crippen LogP contribution is 2.32. The molecular formula is C12H15NO3. The van der Waals surface area contributed by atoms with Crippen LogP contribution in [0.5, 0.6) is 0 Å². The van der Waals surface area contributed by atoms with Gasteiger partial charge in [0.1, 0.15) is 0 Å². The molecule has 1 aromatic rings. The maximum Gasteiger partial charge on any atom is 0.269 e. The summed E-state index contributed by atoms with van der Waals surface area (Å²) >= 11 is 0. The summed E-state index contributed by atoms with van der Waals surface area (Å²) in [7, 11) is 0. The Bertz CT molecular complexity index is 374. The molecule has 16 heavy (non-hydrogen) atoms. The molecule has 1 fully saturated rings. The highest BCUT2D eigenvalue weighted by Gasteiger charge is 2.23. The van der Waals surface area contributed by atoms with Gasteiger partial charge in [-0.05, 0) is 23.8 Å². The van der Waals surface area contributed by atoms with E-state index in [1.165, 1.54) is 5.56 Å². The van der Waals surface area contributed by atoms with Gasteiger partial charge in [0.2, 0.25) is 0 Å². The molecule has 1 aliphatic rings. The Morgan fingerprint density at radius 3 is 2.62 bits per heavy atom. The first-order chi connectivity index (χ1) is 7.68. The highest BCUT2D eigenvalue weighted by molar-refractivity contribution is 5.34. The van der Waals surface area contributed by atoms with Gasteiger partial charge in [-0.3, -0.25) is 10.1 Å². The first-order valence-corrected chi connectivity index (χ1v) is 5.50. The van der Waals surface area contributed by atoms with E-state index in [1.807, 2.05) is 12.1 Å². The van der Waals surface area contributed by atoms with E-state index in [-0.39, 0.29) is 10.6 Å². The molecule has 4 heteroatoms. The van der Waals surface area contributed by atoms with Crippen LogP contribution in [0.25, 0.3) is 0 Å². The van der Waals surface area contributed by atoms with Gasteiger partial charge >= 0.3 is 0 Å². The van der Waals surface area contributed by atoms with E-state index in [9.17, 15) is 10.1 Å². The predicted molar refractivity (Wildman–Crippen MR) is 60.4 cm³/mol. The summed E-state index contributed by atoms with van der Waals surface area (Å²) in [6.07, 6.45) is 0.999. The Morgan fingerprint density at radius 1 is 1.38 bits per heavy atom. The van der Waals surface area contributed by atoms with Crippen LogP contribution in [0.4, 0.5) is 5.69 Å². The van der Waals surface area contributed by atoms with Crippen molar-refractivity contribution < 1.29 is 9.66 Å². The second-order valence-corrected chi connectivity index (χ2v) is 4.30. The molecule has 1 heterocycles. The Balaban J connectivity index is 2.17. The topological polar surface area (TPSA) is 52.4 Å². The van der Waals surface area contributed by atoms with E-state index in [2.05, 4.69) is 6.92 Å². The molecular weight excluding hydrogens is 206 g/mol. The van der Waals surface area contributed by atoms with Gasteiger partial charge in [0.05, 0.1) is 4.92 Å². The van der Waals surface area contributed by atoms with Crippen LogP contribution in [0.3, 0.4) is 0 Å². The van der Waals surface area contributed by atoms with Crippen molar-refractivity contribution in [3.05, 3.63) is 39.9 Å². The Hall–Kier alpha value is -1.42. The third kappa shape index (κ3) is 2.22. The van der Waals surface area contributed by atoms with Crippen LogP contribution in [0.2, 0.25) is 0 Å². The van der Waals surface area contributed by atoms with Gasteiger partial charge in [-0.15, -0.1) is 0 Å². The minimum Gasteiger partial charge on any atom is -0.381 e. The smallest absolute Gasteiger partial charge is 0.269 e. The van der Waals surface area contributed by atoms with Crippen LogP contribution in [-0.2, 0) is 4.74 Å². The fourth-order valence-corrected chi connectivity index (χ4v) is 2.22.